The van der Waals surface area contributed by atoms with Gasteiger partial charge in [-0.2, -0.15) is 0 Å². The van der Waals surface area contributed by atoms with Crippen molar-refractivity contribution in [3.05, 3.63) is 65.0 Å². The average Bonchev–Trinajstić information content (AvgIpc) is 2.53. The SMILES string of the molecule is CCc1cccnc1C(Cc1ccc(C(C)C)cc1)NC. The van der Waals surface area contributed by atoms with Gasteiger partial charge in [0.1, 0.15) is 0 Å². The number of rotatable bonds is 6. The van der Waals surface area contributed by atoms with Crippen molar-refractivity contribution in [1.29, 1.82) is 0 Å². The Kier molecular flexibility index (Phi) is 5.51. The Hall–Kier alpha value is -1.67. The summed E-state index contributed by atoms with van der Waals surface area (Å²) >= 11 is 0. The smallest absolute Gasteiger partial charge is 0.0608 e. The first-order valence-corrected chi connectivity index (χ1v) is 7.85. The van der Waals surface area contributed by atoms with Gasteiger partial charge in [-0.3, -0.25) is 4.98 Å². The average molecular weight is 282 g/mol. The number of likely N-dealkylation sites (N-methyl/N-ethyl adjacent to an activating group) is 1. The number of aromatic nitrogens is 1. The largest absolute Gasteiger partial charge is 0.311 e. The minimum absolute atomic E-state index is 0.269. The molecule has 0 saturated heterocycles. The number of hydrogen-bond donors (Lipinski definition) is 1. The molecule has 0 saturated carbocycles. The van der Waals surface area contributed by atoms with E-state index in [9.17, 15) is 0 Å². The zero-order chi connectivity index (χ0) is 15.2. The van der Waals surface area contributed by atoms with E-state index in [2.05, 4.69) is 61.4 Å². The molecule has 2 nitrogen and oxygen atoms in total. The molecule has 0 bridgehead atoms. The summed E-state index contributed by atoms with van der Waals surface area (Å²) in [5, 5.41) is 3.42. The summed E-state index contributed by atoms with van der Waals surface area (Å²) in [6.45, 7) is 6.64. The third-order valence-corrected chi connectivity index (χ3v) is 4.07. The molecule has 0 aliphatic carbocycles. The summed E-state index contributed by atoms with van der Waals surface area (Å²) in [4.78, 5) is 4.60. The maximum Gasteiger partial charge on any atom is 0.0608 e. The molecule has 0 aliphatic rings. The minimum Gasteiger partial charge on any atom is -0.311 e. The Morgan fingerprint density at radius 2 is 1.81 bits per heavy atom. The predicted octanol–water partition coefficient (Wildman–Crippen LogP) is 4.27. The van der Waals surface area contributed by atoms with E-state index in [1.54, 1.807) is 0 Å². The first kappa shape index (κ1) is 15.7. The number of hydrogen-bond acceptors (Lipinski definition) is 2. The molecular weight excluding hydrogens is 256 g/mol. The van der Waals surface area contributed by atoms with Gasteiger partial charge in [0.05, 0.1) is 11.7 Å². The topological polar surface area (TPSA) is 24.9 Å². The van der Waals surface area contributed by atoms with Crippen LogP contribution in [0.15, 0.2) is 42.6 Å². The van der Waals surface area contributed by atoms with Gasteiger partial charge < -0.3 is 5.32 Å². The second kappa shape index (κ2) is 7.37. The Labute approximate surface area is 128 Å². The summed E-state index contributed by atoms with van der Waals surface area (Å²) in [5.74, 6) is 0.585. The molecule has 1 aromatic heterocycles. The van der Waals surface area contributed by atoms with E-state index in [1.807, 2.05) is 19.3 Å². The van der Waals surface area contributed by atoms with Crippen molar-refractivity contribution in [3.63, 3.8) is 0 Å². The molecule has 1 unspecified atom stereocenters. The van der Waals surface area contributed by atoms with Gasteiger partial charge >= 0.3 is 0 Å². The second-order valence-corrected chi connectivity index (χ2v) is 5.84. The molecule has 0 fully saturated rings. The summed E-state index contributed by atoms with van der Waals surface area (Å²) in [5.41, 5.74) is 5.25. The van der Waals surface area contributed by atoms with Crippen molar-refractivity contribution >= 4 is 0 Å². The van der Waals surface area contributed by atoms with E-state index in [4.69, 9.17) is 0 Å². The van der Waals surface area contributed by atoms with E-state index in [-0.39, 0.29) is 6.04 Å². The van der Waals surface area contributed by atoms with Crippen LogP contribution >= 0.6 is 0 Å². The van der Waals surface area contributed by atoms with Gasteiger partial charge in [0, 0.05) is 6.20 Å². The van der Waals surface area contributed by atoms with Gasteiger partial charge in [-0.15, -0.1) is 0 Å². The predicted molar refractivity (Wildman–Crippen MR) is 89.7 cm³/mol. The first-order valence-electron chi connectivity index (χ1n) is 7.85. The van der Waals surface area contributed by atoms with Crippen molar-refractivity contribution in [2.75, 3.05) is 7.05 Å². The molecule has 1 aromatic carbocycles. The van der Waals surface area contributed by atoms with Crippen molar-refractivity contribution < 1.29 is 0 Å². The van der Waals surface area contributed by atoms with Crippen LogP contribution in [-0.4, -0.2) is 12.0 Å². The maximum atomic E-state index is 4.60. The number of pyridine rings is 1. The number of benzene rings is 1. The summed E-state index contributed by atoms with van der Waals surface area (Å²) < 4.78 is 0. The molecule has 0 aliphatic heterocycles. The number of nitrogens with zero attached hydrogens (tertiary/aromatic N) is 1. The standard InChI is InChI=1S/C19H26N2/c1-5-16-7-6-12-21-19(16)18(20-4)13-15-8-10-17(11-9-15)14(2)3/h6-12,14,18,20H,5,13H2,1-4H3. The van der Waals surface area contributed by atoms with E-state index in [1.165, 1.54) is 22.4 Å². The fraction of sp³-hybridized carbons (Fsp3) is 0.421. The molecule has 1 atom stereocenters. The van der Waals surface area contributed by atoms with Crippen LogP contribution in [0.25, 0.3) is 0 Å². The molecule has 2 aromatic rings. The third kappa shape index (κ3) is 3.92. The van der Waals surface area contributed by atoms with E-state index in [0.29, 0.717) is 5.92 Å². The van der Waals surface area contributed by atoms with Gasteiger partial charge in [-0.1, -0.05) is 51.1 Å². The third-order valence-electron chi connectivity index (χ3n) is 4.07. The maximum absolute atomic E-state index is 4.60. The molecule has 0 radical (unpaired) electrons. The monoisotopic (exact) mass is 282 g/mol. The van der Waals surface area contributed by atoms with E-state index >= 15 is 0 Å². The second-order valence-electron chi connectivity index (χ2n) is 5.84. The molecule has 2 heteroatoms. The lowest BCUT2D eigenvalue weighted by Crippen LogP contribution is -2.21. The Morgan fingerprint density at radius 1 is 1.10 bits per heavy atom. The Balaban J connectivity index is 2.19. The summed E-state index contributed by atoms with van der Waals surface area (Å²) in [7, 11) is 2.02. The Morgan fingerprint density at radius 3 is 2.38 bits per heavy atom. The molecule has 112 valence electrons. The van der Waals surface area contributed by atoms with E-state index < -0.39 is 0 Å². The van der Waals surface area contributed by atoms with Crippen molar-refractivity contribution in [1.82, 2.24) is 10.3 Å². The van der Waals surface area contributed by atoms with Crippen LogP contribution in [0.3, 0.4) is 0 Å². The van der Waals surface area contributed by atoms with Gasteiger partial charge in [-0.05, 0) is 48.6 Å². The van der Waals surface area contributed by atoms with E-state index in [0.717, 1.165) is 12.8 Å². The lowest BCUT2D eigenvalue weighted by molar-refractivity contribution is 0.570. The number of nitrogens with one attached hydrogen (secondary N) is 1. The lowest BCUT2D eigenvalue weighted by atomic mass is 9.96. The van der Waals surface area contributed by atoms with Crippen LogP contribution < -0.4 is 5.32 Å². The highest BCUT2D eigenvalue weighted by Crippen LogP contribution is 2.22. The normalized spacial score (nSPS) is 12.6. The highest BCUT2D eigenvalue weighted by molar-refractivity contribution is 5.28. The first-order chi connectivity index (χ1) is 10.2. The lowest BCUT2D eigenvalue weighted by Gasteiger charge is -2.19. The quantitative estimate of drug-likeness (QED) is 0.856. The minimum atomic E-state index is 0.269. The molecule has 1 heterocycles. The fourth-order valence-electron chi connectivity index (χ4n) is 2.67. The van der Waals surface area contributed by atoms with Crippen molar-refractivity contribution in [2.24, 2.45) is 0 Å². The van der Waals surface area contributed by atoms with Crippen LogP contribution in [0.4, 0.5) is 0 Å². The molecule has 0 spiro atoms. The van der Waals surface area contributed by atoms with Crippen LogP contribution in [-0.2, 0) is 12.8 Å². The molecule has 2 rings (SSSR count). The number of aryl methyl sites for hydroxylation is 1. The summed E-state index contributed by atoms with van der Waals surface area (Å²) in [6, 6.07) is 13.4. The zero-order valence-electron chi connectivity index (χ0n) is 13.6. The molecular formula is C19H26N2. The zero-order valence-corrected chi connectivity index (χ0v) is 13.6. The van der Waals surface area contributed by atoms with Crippen LogP contribution in [0.5, 0.6) is 0 Å². The van der Waals surface area contributed by atoms with Gasteiger partial charge in [0.15, 0.2) is 0 Å². The Bertz CT molecular complexity index is 558. The van der Waals surface area contributed by atoms with Gasteiger partial charge in [-0.25, -0.2) is 0 Å². The molecule has 21 heavy (non-hydrogen) atoms. The molecule has 1 N–H and O–H groups in total. The highest BCUT2D eigenvalue weighted by atomic mass is 14.9. The summed E-state index contributed by atoms with van der Waals surface area (Å²) in [6.07, 6.45) is 3.88. The van der Waals surface area contributed by atoms with Crippen molar-refractivity contribution in [3.8, 4) is 0 Å². The molecule has 0 amide bonds. The van der Waals surface area contributed by atoms with Gasteiger partial charge in [0.25, 0.3) is 0 Å². The van der Waals surface area contributed by atoms with Crippen LogP contribution in [0.2, 0.25) is 0 Å². The van der Waals surface area contributed by atoms with Gasteiger partial charge in [0.2, 0.25) is 0 Å². The highest BCUT2D eigenvalue weighted by Gasteiger charge is 2.14. The fourth-order valence-corrected chi connectivity index (χ4v) is 2.67. The van der Waals surface area contributed by atoms with Crippen LogP contribution in [0, 0.1) is 0 Å². The van der Waals surface area contributed by atoms with Crippen LogP contribution in [0.1, 0.15) is 55.1 Å². The van der Waals surface area contributed by atoms with Crippen molar-refractivity contribution in [2.45, 2.75) is 45.6 Å².